The van der Waals surface area contributed by atoms with Gasteiger partial charge in [0.15, 0.2) is 0 Å². The van der Waals surface area contributed by atoms with Gasteiger partial charge in [0.05, 0.1) is 4.90 Å². The zero-order valence-corrected chi connectivity index (χ0v) is 13.9. The van der Waals surface area contributed by atoms with E-state index in [2.05, 4.69) is 4.90 Å². The molecule has 22 heavy (non-hydrogen) atoms. The van der Waals surface area contributed by atoms with Gasteiger partial charge in [0.25, 0.3) is 0 Å². The molecule has 0 unspecified atom stereocenters. The Hall–Kier alpha value is -0.910. The van der Waals surface area contributed by atoms with Gasteiger partial charge in [-0.25, -0.2) is 8.42 Å². The fourth-order valence-electron chi connectivity index (χ4n) is 4.54. The van der Waals surface area contributed by atoms with Crippen LogP contribution in [0.15, 0.2) is 29.2 Å². The zero-order chi connectivity index (χ0) is 15.3. The zero-order valence-electron chi connectivity index (χ0n) is 13.1. The number of piperidine rings is 1. The maximum atomic E-state index is 12.8. The fourth-order valence-corrected chi connectivity index (χ4v) is 6.06. The number of rotatable bonds is 2. The molecule has 3 fully saturated rings. The Labute approximate surface area is 133 Å². The molecule has 5 heteroatoms. The molecule has 4 rings (SSSR count). The van der Waals surface area contributed by atoms with E-state index >= 15 is 0 Å². The van der Waals surface area contributed by atoms with Crippen molar-refractivity contribution in [3.05, 3.63) is 29.8 Å². The van der Waals surface area contributed by atoms with Gasteiger partial charge in [0.1, 0.15) is 0 Å². The summed E-state index contributed by atoms with van der Waals surface area (Å²) in [6, 6.07) is 8.40. The normalized spacial score (nSPS) is 32.9. The number of aryl methyl sites for hydroxylation is 1. The van der Waals surface area contributed by atoms with Gasteiger partial charge in [0.2, 0.25) is 10.0 Å². The monoisotopic (exact) mass is 320 g/mol. The largest absolute Gasteiger partial charge is 0.296 e. The second kappa shape index (κ2) is 5.32. The van der Waals surface area contributed by atoms with Gasteiger partial charge >= 0.3 is 0 Å². The summed E-state index contributed by atoms with van der Waals surface area (Å²) in [4.78, 5) is 3.03. The minimum Gasteiger partial charge on any atom is -0.296 e. The minimum atomic E-state index is -3.33. The first-order valence-corrected chi connectivity index (χ1v) is 9.82. The summed E-state index contributed by atoms with van der Waals surface area (Å²) in [7, 11) is -3.33. The maximum absolute atomic E-state index is 12.8. The molecule has 3 saturated heterocycles. The van der Waals surface area contributed by atoms with Crippen molar-refractivity contribution in [3.8, 4) is 0 Å². The summed E-state index contributed by atoms with van der Waals surface area (Å²) in [5.41, 5.74) is 1.09. The first-order chi connectivity index (χ1) is 10.6. The van der Waals surface area contributed by atoms with E-state index < -0.39 is 10.0 Å². The van der Waals surface area contributed by atoms with Crippen molar-refractivity contribution in [2.24, 2.45) is 5.92 Å². The Kier molecular flexibility index (Phi) is 3.55. The molecule has 0 radical (unpaired) electrons. The molecule has 3 aliphatic rings. The molecule has 0 amide bonds. The molecule has 0 saturated carbocycles. The van der Waals surface area contributed by atoms with Crippen LogP contribution in [0.25, 0.3) is 0 Å². The SMILES string of the molecule is Cc1ccc(S(=O)(=O)N2C[C@@H]3C[C@H]4CCCCN4[C@@H]3C2)cc1. The Bertz CT molecular complexity index is 656. The fraction of sp³-hybridized carbons (Fsp3) is 0.647. The summed E-state index contributed by atoms with van der Waals surface area (Å²) in [6.07, 6.45) is 5.10. The number of sulfonamides is 1. The lowest BCUT2D eigenvalue weighted by atomic mass is 9.99. The molecule has 120 valence electrons. The highest BCUT2D eigenvalue weighted by atomic mass is 32.2. The molecule has 0 N–H and O–H groups in total. The van der Waals surface area contributed by atoms with E-state index in [-0.39, 0.29) is 0 Å². The van der Waals surface area contributed by atoms with E-state index in [1.807, 2.05) is 19.1 Å². The highest BCUT2D eigenvalue weighted by Crippen LogP contribution is 2.41. The van der Waals surface area contributed by atoms with Crippen molar-refractivity contribution in [2.75, 3.05) is 19.6 Å². The quantitative estimate of drug-likeness (QED) is 0.839. The summed E-state index contributed by atoms with van der Waals surface area (Å²) >= 11 is 0. The molecular formula is C17H24N2O2S. The maximum Gasteiger partial charge on any atom is 0.243 e. The summed E-state index contributed by atoms with van der Waals surface area (Å²) in [6.45, 7) is 4.52. The predicted octanol–water partition coefficient (Wildman–Crippen LogP) is 2.24. The van der Waals surface area contributed by atoms with Gasteiger partial charge in [-0.05, 0) is 50.8 Å². The van der Waals surface area contributed by atoms with Gasteiger partial charge in [0, 0.05) is 25.2 Å². The third-order valence-corrected chi connectivity index (χ3v) is 7.55. The van der Waals surface area contributed by atoms with Crippen LogP contribution < -0.4 is 0 Å². The van der Waals surface area contributed by atoms with Gasteiger partial charge in [-0.3, -0.25) is 4.90 Å². The van der Waals surface area contributed by atoms with Gasteiger partial charge in [-0.1, -0.05) is 24.1 Å². The number of hydrogen-bond acceptors (Lipinski definition) is 3. The number of nitrogens with zero attached hydrogens (tertiary/aromatic N) is 2. The van der Waals surface area contributed by atoms with E-state index in [1.54, 1.807) is 16.4 Å². The van der Waals surface area contributed by atoms with Crippen LogP contribution in [0.5, 0.6) is 0 Å². The Morgan fingerprint density at radius 3 is 2.64 bits per heavy atom. The molecule has 0 aliphatic carbocycles. The lowest BCUT2D eigenvalue weighted by molar-refractivity contribution is 0.146. The summed E-state index contributed by atoms with van der Waals surface area (Å²) < 4.78 is 27.4. The molecule has 3 heterocycles. The average molecular weight is 320 g/mol. The number of fused-ring (bicyclic) bond motifs is 3. The molecule has 0 spiro atoms. The summed E-state index contributed by atoms with van der Waals surface area (Å²) in [5.74, 6) is 0.531. The van der Waals surface area contributed by atoms with E-state index in [9.17, 15) is 8.42 Å². The molecule has 0 bridgehead atoms. The minimum absolute atomic E-state index is 0.438. The van der Waals surface area contributed by atoms with Crippen LogP contribution in [0.2, 0.25) is 0 Å². The van der Waals surface area contributed by atoms with Crippen molar-refractivity contribution in [1.29, 1.82) is 0 Å². The second-order valence-corrected chi connectivity index (χ2v) is 9.02. The number of hydrogen-bond donors (Lipinski definition) is 0. The lowest BCUT2D eigenvalue weighted by Crippen LogP contribution is -2.43. The third kappa shape index (κ3) is 2.30. The van der Waals surface area contributed by atoms with Gasteiger partial charge < -0.3 is 0 Å². The van der Waals surface area contributed by atoms with Crippen LogP contribution in [0.3, 0.4) is 0 Å². The van der Waals surface area contributed by atoms with Crippen molar-refractivity contribution in [2.45, 2.75) is 49.6 Å². The first kappa shape index (κ1) is 14.7. The van der Waals surface area contributed by atoms with E-state index in [4.69, 9.17) is 0 Å². The van der Waals surface area contributed by atoms with Crippen molar-refractivity contribution in [1.82, 2.24) is 9.21 Å². The molecule has 4 nitrogen and oxygen atoms in total. The Morgan fingerprint density at radius 1 is 1.09 bits per heavy atom. The average Bonchev–Trinajstić information content (AvgIpc) is 3.05. The Morgan fingerprint density at radius 2 is 1.86 bits per heavy atom. The molecule has 3 atom stereocenters. The van der Waals surface area contributed by atoms with Crippen molar-refractivity contribution >= 4 is 10.0 Å². The van der Waals surface area contributed by atoms with Crippen molar-refractivity contribution in [3.63, 3.8) is 0 Å². The van der Waals surface area contributed by atoms with E-state index in [0.717, 1.165) is 12.1 Å². The smallest absolute Gasteiger partial charge is 0.243 e. The van der Waals surface area contributed by atoms with Crippen LogP contribution in [0, 0.1) is 12.8 Å². The lowest BCUT2D eigenvalue weighted by Gasteiger charge is -2.34. The topological polar surface area (TPSA) is 40.6 Å². The Balaban J connectivity index is 1.55. The van der Waals surface area contributed by atoms with E-state index in [0.29, 0.717) is 36.0 Å². The second-order valence-electron chi connectivity index (χ2n) is 7.09. The first-order valence-electron chi connectivity index (χ1n) is 8.38. The van der Waals surface area contributed by atoms with Crippen LogP contribution in [-0.2, 0) is 10.0 Å². The van der Waals surface area contributed by atoms with Gasteiger partial charge in [-0.2, -0.15) is 4.31 Å². The number of benzene rings is 1. The highest BCUT2D eigenvalue weighted by Gasteiger charge is 2.49. The standard InChI is InChI=1S/C17H24N2O2S/c1-13-5-7-16(8-6-13)22(20,21)18-11-14-10-15-4-2-3-9-19(15)17(14)12-18/h5-8,14-15,17H,2-4,9-12H2,1H3/t14-,15+,17+/m0/s1. The van der Waals surface area contributed by atoms with Crippen molar-refractivity contribution < 1.29 is 8.42 Å². The molecule has 1 aromatic carbocycles. The van der Waals surface area contributed by atoms with Crippen LogP contribution in [-0.4, -0.2) is 49.3 Å². The van der Waals surface area contributed by atoms with Crippen LogP contribution >= 0.6 is 0 Å². The third-order valence-electron chi connectivity index (χ3n) is 5.71. The predicted molar refractivity (Wildman–Crippen MR) is 86.2 cm³/mol. The summed E-state index contributed by atoms with van der Waals surface area (Å²) in [5, 5.41) is 0. The molecule has 0 aromatic heterocycles. The molecular weight excluding hydrogens is 296 g/mol. The molecule has 3 aliphatic heterocycles. The highest BCUT2D eigenvalue weighted by molar-refractivity contribution is 7.89. The van der Waals surface area contributed by atoms with Gasteiger partial charge in [-0.15, -0.1) is 0 Å². The van der Waals surface area contributed by atoms with E-state index in [1.165, 1.54) is 25.7 Å². The molecule has 1 aromatic rings. The van der Waals surface area contributed by atoms with Crippen LogP contribution in [0.4, 0.5) is 0 Å². The van der Waals surface area contributed by atoms with Crippen LogP contribution in [0.1, 0.15) is 31.2 Å².